The summed E-state index contributed by atoms with van der Waals surface area (Å²) in [6.45, 7) is 1.61. The summed E-state index contributed by atoms with van der Waals surface area (Å²) >= 11 is 0. The van der Waals surface area contributed by atoms with Gasteiger partial charge in [-0.15, -0.1) is 0 Å². The lowest BCUT2D eigenvalue weighted by Crippen LogP contribution is -2.03. The minimum atomic E-state index is -0.291. The summed E-state index contributed by atoms with van der Waals surface area (Å²) in [5, 5.41) is 9.67. The van der Waals surface area contributed by atoms with Crippen LogP contribution in [0.4, 0.5) is 4.39 Å². The predicted octanol–water partition coefficient (Wildman–Crippen LogP) is 3.10. The Bertz CT molecular complexity index is 878. The zero-order valence-corrected chi connectivity index (χ0v) is 12.9. The Balaban J connectivity index is 1.83. The maximum atomic E-state index is 13.0. The molecular weight excluding hydrogens is 309 g/mol. The number of carbonyl (C=O) groups excluding carboxylic acids is 1. The quantitative estimate of drug-likeness (QED) is 0.747. The lowest BCUT2D eigenvalue weighted by molar-refractivity contribution is 0.111. The zero-order chi connectivity index (χ0) is 17.1. The Hall–Kier alpha value is -3.15. The van der Waals surface area contributed by atoms with Gasteiger partial charge in [0.05, 0.1) is 11.4 Å². The predicted molar refractivity (Wildman–Crippen MR) is 86.3 cm³/mol. The van der Waals surface area contributed by atoms with Gasteiger partial charge in [-0.25, -0.2) is 14.4 Å². The van der Waals surface area contributed by atoms with E-state index >= 15 is 0 Å². The summed E-state index contributed by atoms with van der Waals surface area (Å²) in [4.78, 5) is 23.5. The summed E-state index contributed by atoms with van der Waals surface area (Å²) < 4.78 is 13.0. The second kappa shape index (κ2) is 6.54. The van der Waals surface area contributed by atoms with Gasteiger partial charge in [0, 0.05) is 18.2 Å². The van der Waals surface area contributed by atoms with Crippen molar-refractivity contribution in [1.29, 1.82) is 0 Å². The van der Waals surface area contributed by atoms with Crippen molar-refractivity contribution in [1.82, 2.24) is 15.0 Å². The van der Waals surface area contributed by atoms with Gasteiger partial charge in [-0.3, -0.25) is 9.78 Å². The van der Waals surface area contributed by atoms with E-state index in [-0.39, 0.29) is 17.3 Å². The Labute approximate surface area is 137 Å². The van der Waals surface area contributed by atoms with Crippen LogP contribution in [0.5, 0.6) is 5.75 Å². The molecule has 0 bridgehead atoms. The highest BCUT2D eigenvalue weighted by Crippen LogP contribution is 2.20. The number of hydrogen-bond acceptors (Lipinski definition) is 5. The summed E-state index contributed by atoms with van der Waals surface area (Å²) in [5.74, 6) is -0.0523. The van der Waals surface area contributed by atoms with Crippen molar-refractivity contribution in [2.24, 2.45) is 0 Å². The number of hydrogen-bond donors (Lipinski definition) is 1. The fourth-order valence-electron chi connectivity index (χ4n) is 2.31. The number of benzene rings is 1. The molecule has 0 saturated carbocycles. The number of pyridine rings is 1. The lowest BCUT2D eigenvalue weighted by atomic mass is 10.1. The average molecular weight is 323 g/mol. The van der Waals surface area contributed by atoms with E-state index in [1.165, 1.54) is 12.1 Å². The molecule has 2 heterocycles. The molecule has 5 nitrogen and oxygen atoms in total. The molecule has 6 heteroatoms. The highest BCUT2D eigenvalue weighted by atomic mass is 19.1. The Morgan fingerprint density at radius 1 is 1.12 bits per heavy atom. The molecule has 0 radical (unpaired) electrons. The van der Waals surface area contributed by atoms with Gasteiger partial charge in [0.1, 0.15) is 17.3 Å². The van der Waals surface area contributed by atoms with E-state index in [1.54, 1.807) is 25.3 Å². The van der Waals surface area contributed by atoms with Crippen molar-refractivity contribution >= 4 is 6.29 Å². The lowest BCUT2D eigenvalue weighted by Gasteiger charge is -2.06. The molecule has 1 N–H and O–H groups in total. The smallest absolute Gasteiger partial charge is 0.172 e. The molecule has 0 atom stereocenters. The molecule has 2 aromatic heterocycles. The van der Waals surface area contributed by atoms with Gasteiger partial charge in [-0.1, -0.05) is 6.07 Å². The third-order valence-corrected chi connectivity index (χ3v) is 3.57. The number of aromatic hydroxyl groups is 1. The van der Waals surface area contributed by atoms with Crippen molar-refractivity contribution in [2.75, 3.05) is 0 Å². The third-order valence-electron chi connectivity index (χ3n) is 3.57. The minimum Gasteiger partial charge on any atom is -0.504 e. The number of rotatable bonds is 4. The molecule has 1 aromatic carbocycles. The monoisotopic (exact) mass is 323 g/mol. The molecular formula is C18H14FN3O2. The van der Waals surface area contributed by atoms with Gasteiger partial charge in [0.15, 0.2) is 12.0 Å². The van der Waals surface area contributed by atoms with E-state index in [1.807, 2.05) is 12.1 Å². The first-order chi connectivity index (χ1) is 11.6. The summed E-state index contributed by atoms with van der Waals surface area (Å²) in [6.07, 6.45) is 2.58. The van der Waals surface area contributed by atoms with Crippen LogP contribution in [0, 0.1) is 12.7 Å². The summed E-state index contributed by atoms with van der Waals surface area (Å²) in [5.41, 5.74) is 2.76. The van der Waals surface area contributed by atoms with Crippen LogP contribution in [-0.2, 0) is 6.42 Å². The standard InChI is InChI=1S/C18H14FN3O2/c1-11-18(24)16(10-23)22-17(21-11)8-12-2-7-15(20-9-12)13-3-5-14(19)6-4-13/h2-7,9-10,24H,8H2,1H3. The van der Waals surface area contributed by atoms with Crippen LogP contribution >= 0.6 is 0 Å². The molecule has 3 aromatic rings. The molecule has 0 fully saturated rings. The van der Waals surface area contributed by atoms with E-state index in [4.69, 9.17) is 0 Å². The van der Waals surface area contributed by atoms with Crippen LogP contribution in [-0.4, -0.2) is 26.3 Å². The molecule has 24 heavy (non-hydrogen) atoms. The van der Waals surface area contributed by atoms with Crippen LogP contribution in [0.15, 0.2) is 42.6 Å². The molecule has 3 rings (SSSR count). The van der Waals surface area contributed by atoms with Gasteiger partial charge >= 0.3 is 0 Å². The first kappa shape index (κ1) is 15.7. The maximum Gasteiger partial charge on any atom is 0.172 e. The van der Waals surface area contributed by atoms with Crippen molar-refractivity contribution in [3.05, 3.63) is 71.2 Å². The number of aryl methyl sites for hydroxylation is 1. The minimum absolute atomic E-state index is 0.0200. The normalized spacial score (nSPS) is 10.6. The number of nitrogens with zero attached hydrogens (tertiary/aromatic N) is 3. The van der Waals surface area contributed by atoms with Crippen LogP contribution < -0.4 is 0 Å². The van der Waals surface area contributed by atoms with Crippen LogP contribution in [0.3, 0.4) is 0 Å². The largest absolute Gasteiger partial charge is 0.504 e. The number of aldehydes is 1. The Morgan fingerprint density at radius 2 is 1.88 bits per heavy atom. The van der Waals surface area contributed by atoms with Crippen molar-refractivity contribution in [3.8, 4) is 17.0 Å². The van der Waals surface area contributed by atoms with Gasteiger partial charge in [0.25, 0.3) is 0 Å². The molecule has 0 saturated heterocycles. The molecule has 0 amide bonds. The van der Waals surface area contributed by atoms with Gasteiger partial charge in [-0.05, 0) is 42.8 Å². The molecule has 0 aliphatic carbocycles. The highest BCUT2D eigenvalue weighted by Gasteiger charge is 2.10. The maximum absolute atomic E-state index is 13.0. The molecule has 0 aliphatic rings. The van der Waals surface area contributed by atoms with E-state index in [2.05, 4.69) is 15.0 Å². The van der Waals surface area contributed by atoms with E-state index < -0.39 is 0 Å². The number of halogens is 1. The second-order valence-electron chi connectivity index (χ2n) is 5.31. The first-order valence-electron chi connectivity index (χ1n) is 7.29. The molecule has 0 unspecified atom stereocenters. The summed E-state index contributed by atoms with van der Waals surface area (Å²) in [6, 6.07) is 9.81. The summed E-state index contributed by atoms with van der Waals surface area (Å²) in [7, 11) is 0. The number of aromatic nitrogens is 3. The second-order valence-corrected chi connectivity index (χ2v) is 5.31. The SMILES string of the molecule is Cc1nc(Cc2ccc(-c3ccc(F)cc3)nc2)nc(C=O)c1O. The topological polar surface area (TPSA) is 76.0 Å². The molecule has 0 spiro atoms. The van der Waals surface area contributed by atoms with E-state index in [0.717, 1.165) is 16.8 Å². The van der Waals surface area contributed by atoms with Crippen molar-refractivity contribution in [3.63, 3.8) is 0 Å². The Kier molecular flexibility index (Phi) is 4.29. The van der Waals surface area contributed by atoms with Gasteiger partial charge in [0.2, 0.25) is 0 Å². The zero-order valence-electron chi connectivity index (χ0n) is 12.9. The average Bonchev–Trinajstić information content (AvgIpc) is 2.59. The fourth-order valence-corrected chi connectivity index (χ4v) is 2.31. The van der Waals surface area contributed by atoms with Gasteiger partial charge < -0.3 is 5.11 Å². The number of carbonyl (C=O) groups is 1. The Morgan fingerprint density at radius 3 is 2.50 bits per heavy atom. The first-order valence-corrected chi connectivity index (χ1v) is 7.29. The van der Waals surface area contributed by atoms with Gasteiger partial charge in [-0.2, -0.15) is 0 Å². The van der Waals surface area contributed by atoms with Crippen LogP contribution in [0.1, 0.15) is 27.6 Å². The fraction of sp³-hybridized carbons (Fsp3) is 0.111. The van der Waals surface area contributed by atoms with E-state index in [0.29, 0.717) is 24.2 Å². The molecule has 0 aliphatic heterocycles. The van der Waals surface area contributed by atoms with E-state index in [9.17, 15) is 14.3 Å². The molecule has 120 valence electrons. The van der Waals surface area contributed by atoms with Crippen LogP contribution in [0.2, 0.25) is 0 Å². The van der Waals surface area contributed by atoms with Crippen molar-refractivity contribution < 1.29 is 14.3 Å². The van der Waals surface area contributed by atoms with Crippen LogP contribution in [0.25, 0.3) is 11.3 Å². The highest BCUT2D eigenvalue weighted by molar-refractivity contribution is 5.76. The van der Waals surface area contributed by atoms with Crippen molar-refractivity contribution in [2.45, 2.75) is 13.3 Å². The third kappa shape index (κ3) is 3.27.